The molecule has 14 heavy (non-hydrogen) atoms. The fourth-order valence-electron chi connectivity index (χ4n) is 3.27. The summed E-state index contributed by atoms with van der Waals surface area (Å²) in [6, 6.07) is 0. The second-order valence-electron chi connectivity index (χ2n) is 4.92. The van der Waals surface area contributed by atoms with Gasteiger partial charge in [-0.2, -0.15) is 0 Å². The minimum atomic E-state index is -0.470. The molecule has 3 rings (SSSR count). The summed E-state index contributed by atoms with van der Waals surface area (Å²) < 4.78 is 10.5. The van der Waals surface area contributed by atoms with Gasteiger partial charge in [0.05, 0.1) is 11.2 Å². The molecule has 2 bridgehead atoms. The molecule has 3 heterocycles. The summed E-state index contributed by atoms with van der Waals surface area (Å²) >= 11 is 0. The lowest BCUT2D eigenvalue weighted by molar-refractivity contribution is -0.161. The molecule has 0 aromatic heterocycles. The molecule has 0 radical (unpaired) electrons. The first-order chi connectivity index (χ1) is 6.46. The van der Waals surface area contributed by atoms with Gasteiger partial charge in [0.1, 0.15) is 11.8 Å². The molecular formula is C10H12O4. The first-order valence-corrected chi connectivity index (χ1v) is 4.92. The first kappa shape index (κ1) is 8.41. The molecule has 0 spiro atoms. The fraction of sp³-hybridized carbons (Fsp3) is 0.800. The average molecular weight is 196 g/mol. The van der Waals surface area contributed by atoms with Gasteiger partial charge in [-0.05, 0) is 26.7 Å². The summed E-state index contributed by atoms with van der Waals surface area (Å²) in [5.41, 5.74) is -0.939. The van der Waals surface area contributed by atoms with Gasteiger partial charge in [0.25, 0.3) is 0 Å². The zero-order valence-electron chi connectivity index (χ0n) is 8.20. The Morgan fingerprint density at radius 1 is 1.07 bits per heavy atom. The van der Waals surface area contributed by atoms with Crippen LogP contribution in [0, 0.1) is 11.8 Å². The van der Waals surface area contributed by atoms with Gasteiger partial charge in [-0.3, -0.25) is 9.59 Å². The smallest absolute Gasteiger partial charge is 0.320 e. The van der Waals surface area contributed by atoms with E-state index in [-0.39, 0.29) is 11.8 Å². The summed E-state index contributed by atoms with van der Waals surface area (Å²) in [4.78, 5) is 23.0. The molecular weight excluding hydrogens is 184 g/mol. The minimum absolute atomic E-state index is 0.367. The molecule has 0 saturated carbocycles. The zero-order valence-corrected chi connectivity index (χ0v) is 8.20. The van der Waals surface area contributed by atoms with Crippen molar-refractivity contribution in [2.45, 2.75) is 37.9 Å². The number of esters is 2. The van der Waals surface area contributed by atoms with Crippen molar-refractivity contribution in [1.82, 2.24) is 0 Å². The molecule has 4 heteroatoms. The van der Waals surface area contributed by atoms with Crippen LogP contribution in [0.25, 0.3) is 0 Å². The van der Waals surface area contributed by atoms with Crippen LogP contribution >= 0.6 is 0 Å². The number of carbonyl (C=O) groups is 2. The number of ether oxygens (including phenoxy) is 2. The van der Waals surface area contributed by atoms with Crippen molar-refractivity contribution in [2.24, 2.45) is 11.8 Å². The van der Waals surface area contributed by atoms with Crippen molar-refractivity contribution < 1.29 is 19.1 Å². The van der Waals surface area contributed by atoms with Crippen molar-refractivity contribution in [1.29, 1.82) is 0 Å². The Hall–Kier alpha value is -0.900. The van der Waals surface area contributed by atoms with Crippen molar-refractivity contribution in [2.75, 3.05) is 0 Å². The first-order valence-electron chi connectivity index (χ1n) is 4.92. The van der Waals surface area contributed by atoms with Crippen molar-refractivity contribution >= 4 is 11.9 Å². The number of hydrogen-bond donors (Lipinski definition) is 0. The molecule has 3 saturated heterocycles. The number of hydrogen-bond acceptors (Lipinski definition) is 4. The normalized spacial score (nSPS) is 55.0. The van der Waals surface area contributed by atoms with E-state index in [1.165, 1.54) is 0 Å². The molecule has 0 aromatic rings. The van der Waals surface area contributed by atoms with E-state index in [0.29, 0.717) is 0 Å². The Bertz CT molecular complexity index is 318. The number of carbonyl (C=O) groups excluding carboxylic acids is 2. The molecule has 4 nitrogen and oxygen atoms in total. The summed E-state index contributed by atoms with van der Waals surface area (Å²) in [5.74, 6) is -1.53. The lowest BCUT2D eigenvalue weighted by Gasteiger charge is -2.25. The highest BCUT2D eigenvalue weighted by atomic mass is 16.6. The summed E-state index contributed by atoms with van der Waals surface area (Å²) in [6.07, 6.45) is 1.68. The van der Waals surface area contributed by atoms with E-state index in [4.69, 9.17) is 4.74 Å². The Labute approximate surface area is 81.6 Å². The maximum atomic E-state index is 11.5. The summed E-state index contributed by atoms with van der Waals surface area (Å²) in [6.45, 7) is 3.81. The van der Waals surface area contributed by atoms with Crippen molar-refractivity contribution in [3.63, 3.8) is 0 Å². The van der Waals surface area contributed by atoms with Crippen molar-refractivity contribution in [3.05, 3.63) is 0 Å². The molecule has 2 unspecified atom stereocenters. The van der Waals surface area contributed by atoms with Crippen LogP contribution in [0.4, 0.5) is 0 Å². The Balaban J connectivity index is 2.13. The third kappa shape index (κ3) is 0.704. The number of cyclic esters (lactones) is 2. The van der Waals surface area contributed by atoms with E-state index in [9.17, 15) is 9.59 Å². The average Bonchev–Trinajstić information content (AvgIpc) is 2.60. The topological polar surface area (TPSA) is 52.6 Å². The molecule has 3 aliphatic heterocycles. The highest BCUT2D eigenvalue weighted by molar-refractivity contribution is 5.98. The van der Waals surface area contributed by atoms with E-state index in [1.54, 1.807) is 0 Å². The maximum Gasteiger partial charge on any atom is 0.320 e. The molecule has 3 aliphatic rings. The van der Waals surface area contributed by atoms with Gasteiger partial charge in [0.2, 0.25) is 0 Å². The summed E-state index contributed by atoms with van der Waals surface area (Å²) in [5, 5.41) is 0. The van der Waals surface area contributed by atoms with Gasteiger partial charge in [0.15, 0.2) is 0 Å². The predicted octanol–water partition coefficient (Wildman–Crippen LogP) is 0.644. The predicted molar refractivity (Wildman–Crippen MR) is 45.2 cm³/mol. The zero-order chi connectivity index (χ0) is 10.1. The molecule has 76 valence electrons. The second kappa shape index (κ2) is 2.03. The SMILES string of the molecule is CC12CCC(C)(O1)[C@H]1C(=O)OC(=O)[C@H]12. The summed E-state index contributed by atoms with van der Waals surface area (Å²) in [7, 11) is 0. The quantitative estimate of drug-likeness (QED) is 0.421. The van der Waals surface area contributed by atoms with Crippen LogP contribution in [-0.4, -0.2) is 23.1 Å². The Morgan fingerprint density at radius 2 is 1.50 bits per heavy atom. The monoisotopic (exact) mass is 196 g/mol. The van der Waals surface area contributed by atoms with Crippen LogP contribution in [0.5, 0.6) is 0 Å². The third-order valence-corrected chi connectivity index (χ3v) is 3.94. The molecule has 0 amide bonds. The van der Waals surface area contributed by atoms with Gasteiger partial charge in [0, 0.05) is 0 Å². The number of fused-ring (bicyclic) bond motifs is 5. The van der Waals surface area contributed by atoms with Crippen molar-refractivity contribution in [3.8, 4) is 0 Å². The van der Waals surface area contributed by atoms with Gasteiger partial charge in [-0.1, -0.05) is 0 Å². The van der Waals surface area contributed by atoms with Gasteiger partial charge >= 0.3 is 11.9 Å². The van der Waals surface area contributed by atoms with E-state index in [0.717, 1.165) is 12.8 Å². The van der Waals surface area contributed by atoms with Crippen LogP contribution < -0.4 is 0 Å². The minimum Gasteiger partial charge on any atom is -0.393 e. The fourth-order valence-corrected chi connectivity index (χ4v) is 3.27. The van der Waals surface area contributed by atoms with E-state index >= 15 is 0 Å². The van der Waals surface area contributed by atoms with Gasteiger partial charge in [-0.15, -0.1) is 0 Å². The van der Waals surface area contributed by atoms with E-state index in [1.807, 2.05) is 13.8 Å². The largest absolute Gasteiger partial charge is 0.393 e. The second-order valence-corrected chi connectivity index (χ2v) is 4.92. The highest BCUT2D eigenvalue weighted by Gasteiger charge is 2.71. The highest BCUT2D eigenvalue weighted by Crippen LogP contribution is 2.59. The standard InChI is InChI=1S/C10H12O4/c1-9-3-4-10(2,14-9)6-5(9)7(11)13-8(6)12/h5-6H,3-4H2,1-2H3/t5-,6+,9?,10?. The lowest BCUT2D eigenvalue weighted by Crippen LogP contribution is -2.40. The van der Waals surface area contributed by atoms with Crippen LogP contribution in [0.1, 0.15) is 26.7 Å². The van der Waals surface area contributed by atoms with Crippen LogP contribution in [0.3, 0.4) is 0 Å². The number of rotatable bonds is 0. The van der Waals surface area contributed by atoms with Gasteiger partial charge < -0.3 is 9.47 Å². The molecule has 0 aliphatic carbocycles. The maximum absolute atomic E-state index is 11.5. The van der Waals surface area contributed by atoms with E-state index < -0.39 is 23.1 Å². The molecule has 0 N–H and O–H groups in total. The van der Waals surface area contributed by atoms with Gasteiger partial charge in [-0.25, -0.2) is 0 Å². The van der Waals surface area contributed by atoms with Crippen LogP contribution in [0.2, 0.25) is 0 Å². The molecule has 3 fully saturated rings. The van der Waals surface area contributed by atoms with Crippen LogP contribution in [0.15, 0.2) is 0 Å². The third-order valence-electron chi connectivity index (χ3n) is 3.94. The van der Waals surface area contributed by atoms with E-state index in [2.05, 4.69) is 4.74 Å². The Kier molecular flexibility index (Phi) is 1.22. The Morgan fingerprint density at radius 3 is 1.93 bits per heavy atom. The van der Waals surface area contributed by atoms with Crippen LogP contribution in [-0.2, 0) is 19.1 Å². The lowest BCUT2D eigenvalue weighted by atomic mass is 9.69. The molecule has 4 atom stereocenters. The molecule has 0 aromatic carbocycles.